The molecule has 0 aliphatic carbocycles. The number of rotatable bonds is 6. The average Bonchev–Trinajstić information content (AvgIpc) is 3.31. The first kappa shape index (κ1) is 20.1. The molecule has 0 spiro atoms. The van der Waals surface area contributed by atoms with Crippen LogP contribution in [0.1, 0.15) is 28.6 Å². The van der Waals surface area contributed by atoms with E-state index in [4.69, 9.17) is 4.74 Å². The molecule has 1 aliphatic rings. The Morgan fingerprint density at radius 3 is 2.87 bits per heavy atom. The number of para-hydroxylation sites is 1. The van der Waals surface area contributed by atoms with Crippen molar-refractivity contribution in [3.8, 4) is 0 Å². The lowest BCUT2D eigenvalue weighted by Gasteiger charge is -2.15. The van der Waals surface area contributed by atoms with Gasteiger partial charge in [0.05, 0.1) is 12.7 Å². The topological polar surface area (TPSA) is 149 Å². The van der Waals surface area contributed by atoms with Crippen molar-refractivity contribution < 1.29 is 19.7 Å². The number of benzene rings is 1. The van der Waals surface area contributed by atoms with Crippen LogP contribution in [0.5, 0.6) is 0 Å². The minimum atomic E-state index is -0.952. The van der Waals surface area contributed by atoms with Crippen LogP contribution < -0.4 is 16.6 Å². The number of hydrogen-bond donors (Lipinski definition) is 5. The maximum Gasteiger partial charge on any atom is 0.330 e. The molecule has 1 saturated heterocycles. The summed E-state index contributed by atoms with van der Waals surface area (Å²) in [4.78, 5) is 42.1. The number of aromatic nitrogens is 3. The van der Waals surface area contributed by atoms with Crippen LogP contribution in [0.15, 0.2) is 46.2 Å². The number of hydrogen-bond acceptors (Lipinski definition) is 6. The Balaban J connectivity index is 1.47. The Labute approximate surface area is 170 Å². The van der Waals surface area contributed by atoms with Crippen LogP contribution >= 0.6 is 0 Å². The molecule has 3 aromatic rings. The number of carbonyl (C=O) groups excluding carboxylic acids is 1. The highest BCUT2D eigenvalue weighted by Crippen LogP contribution is 2.27. The van der Waals surface area contributed by atoms with Crippen molar-refractivity contribution in [3.05, 3.63) is 68.6 Å². The summed E-state index contributed by atoms with van der Waals surface area (Å²) in [7, 11) is 0. The number of amides is 1. The van der Waals surface area contributed by atoms with Crippen LogP contribution in [0.25, 0.3) is 10.9 Å². The number of H-pyrrole nitrogens is 2. The standard InChI is InChI=1S/C20H22N4O6/c25-10-16-15(26)7-17(30-16)24-9-13(19(28)23-20(24)29)18(27)21-6-5-11-8-22-14-4-2-1-3-12(11)14/h1-4,8-9,15-17,22,25-26H,5-7,10H2,(H,21,27)(H,23,28,29)/t15-,16+,17+/m0/s1. The van der Waals surface area contributed by atoms with Gasteiger partial charge in [-0.3, -0.25) is 19.1 Å². The molecule has 30 heavy (non-hydrogen) atoms. The Morgan fingerprint density at radius 1 is 1.30 bits per heavy atom. The zero-order valence-corrected chi connectivity index (χ0v) is 16.0. The second-order valence-electron chi connectivity index (χ2n) is 7.19. The molecule has 3 atom stereocenters. The molecule has 1 amide bonds. The summed E-state index contributed by atoms with van der Waals surface area (Å²) in [6.07, 6.45) is 0.944. The molecule has 1 aromatic carbocycles. The fraction of sp³-hybridized carbons (Fsp3) is 0.350. The van der Waals surface area contributed by atoms with E-state index in [1.165, 1.54) is 0 Å². The van der Waals surface area contributed by atoms with Gasteiger partial charge >= 0.3 is 5.69 Å². The van der Waals surface area contributed by atoms with E-state index in [1.54, 1.807) is 0 Å². The molecule has 0 bridgehead atoms. The average molecular weight is 414 g/mol. The summed E-state index contributed by atoms with van der Waals surface area (Å²) in [6.45, 7) is -0.110. The van der Waals surface area contributed by atoms with Gasteiger partial charge in [-0.15, -0.1) is 0 Å². The van der Waals surface area contributed by atoms with Gasteiger partial charge in [-0.05, 0) is 18.1 Å². The molecule has 3 heterocycles. The van der Waals surface area contributed by atoms with E-state index in [2.05, 4.69) is 15.3 Å². The van der Waals surface area contributed by atoms with Crippen LogP contribution in [0.4, 0.5) is 0 Å². The number of ether oxygens (including phenoxy) is 1. The van der Waals surface area contributed by atoms with E-state index in [0.717, 1.165) is 27.2 Å². The SMILES string of the molecule is O=C(NCCc1c[nH]c2ccccc12)c1cn([C@H]2C[C@H](O)[C@@H](CO)O2)c(=O)[nH]c1=O. The summed E-state index contributed by atoms with van der Waals surface area (Å²) in [5.74, 6) is -0.623. The highest BCUT2D eigenvalue weighted by atomic mass is 16.5. The molecule has 10 heteroatoms. The number of aliphatic hydroxyl groups excluding tert-OH is 2. The minimum absolute atomic E-state index is 0.0544. The fourth-order valence-electron chi connectivity index (χ4n) is 3.66. The summed E-state index contributed by atoms with van der Waals surface area (Å²) < 4.78 is 6.49. The van der Waals surface area contributed by atoms with Crippen molar-refractivity contribution in [2.45, 2.75) is 31.3 Å². The van der Waals surface area contributed by atoms with Gasteiger partial charge in [0.15, 0.2) is 0 Å². The van der Waals surface area contributed by atoms with E-state index in [0.29, 0.717) is 13.0 Å². The third-order valence-corrected chi connectivity index (χ3v) is 5.26. The molecule has 0 radical (unpaired) electrons. The fourth-order valence-corrected chi connectivity index (χ4v) is 3.66. The van der Waals surface area contributed by atoms with Crippen molar-refractivity contribution in [2.24, 2.45) is 0 Å². The maximum absolute atomic E-state index is 12.5. The van der Waals surface area contributed by atoms with Gasteiger partial charge in [0.2, 0.25) is 0 Å². The van der Waals surface area contributed by atoms with E-state index in [1.807, 2.05) is 30.5 Å². The zero-order chi connectivity index (χ0) is 21.3. The molecule has 2 aromatic heterocycles. The van der Waals surface area contributed by atoms with Crippen LogP contribution in [-0.2, 0) is 11.2 Å². The molecule has 4 rings (SSSR count). The van der Waals surface area contributed by atoms with E-state index in [-0.39, 0.29) is 12.0 Å². The minimum Gasteiger partial charge on any atom is -0.394 e. The first-order valence-corrected chi connectivity index (χ1v) is 9.61. The predicted molar refractivity (Wildman–Crippen MR) is 107 cm³/mol. The summed E-state index contributed by atoms with van der Waals surface area (Å²) in [6, 6.07) is 7.81. The molecule has 5 N–H and O–H groups in total. The van der Waals surface area contributed by atoms with Crippen LogP contribution in [0, 0.1) is 0 Å². The summed E-state index contributed by atoms with van der Waals surface area (Å²) in [5, 5.41) is 22.8. The van der Waals surface area contributed by atoms with Crippen LogP contribution in [0.3, 0.4) is 0 Å². The highest BCUT2D eigenvalue weighted by Gasteiger charge is 2.35. The van der Waals surface area contributed by atoms with Crippen molar-refractivity contribution in [1.82, 2.24) is 19.9 Å². The molecule has 0 unspecified atom stereocenters. The van der Waals surface area contributed by atoms with Gasteiger partial charge in [-0.2, -0.15) is 0 Å². The Kier molecular flexibility index (Phi) is 5.53. The second kappa shape index (κ2) is 8.27. The van der Waals surface area contributed by atoms with Crippen LogP contribution in [0.2, 0.25) is 0 Å². The van der Waals surface area contributed by atoms with Gasteiger partial charge in [0.1, 0.15) is 17.9 Å². The molecule has 0 saturated carbocycles. The number of nitrogens with one attached hydrogen (secondary N) is 3. The molecule has 1 fully saturated rings. The lowest BCUT2D eigenvalue weighted by molar-refractivity contribution is -0.0459. The number of aromatic amines is 2. The zero-order valence-electron chi connectivity index (χ0n) is 16.0. The number of fused-ring (bicyclic) bond motifs is 1. The number of carbonyl (C=O) groups is 1. The van der Waals surface area contributed by atoms with Crippen molar-refractivity contribution in [3.63, 3.8) is 0 Å². The maximum atomic E-state index is 12.5. The van der Waals surface area contributed by atoms with Crippen molar-refractivity contribution in [1.29, 1.82) is 0 Å². The van der Waals surface area contributed by atoms with Crippen molar-refractivity contribution in [2.75, 3.05) is 13.2 Å². The summed E-state index contributed by atoms with van der Waals surface area (Å²) >= 11 is 0. The van der Waals surface area contributed by atoms with Gasteiger partial charge in [0, 0.05) is 36.3 Å². The van der Waals surface area contributed by atoms with Gasteiger partial charge in [0.25, 0.3) is 11.5 Å². The Morgan fingerprint density at radius 2 is 2.10 bits per heavy atom. The monoisotopic (exact) mass is 414 g/mol. The van der Waals surface area contributed by atoms with Crippen LogP contribution in [-0.4, -0.2) is 56.0 Å². The highest BCUT2D eigenvalue weighted by molar-refractivity contribution is 5.93. The first-order chi connectivity index (χ1) is 14.5. The van der Waals surface area contributed by atoms with Crippen molar-refractivity contribution >= 4 is 16.8 Å². The molecule has 158 valence electrons. The molecular weight excluding hydrogens is 392 g/mol. The molecular formula is C20H22N4O6. The lowest BCUT2D eigenvalue weighted by Crippen LogP contribution is -2.38. The molecule has 1 aliphatic heterocycles. The third kappa shape index (κ3) is 3.80. The van der Waals surface area contributed by atoms with E-state index < -0.39 is 42.2 Å². The lowest BCUT2D eigenvalue weighted by atomic mass is 10.1. The van der Waals surface area contributed by atoms with E-state index >= 15 is 0 Å². The second-order valence-corrected chi connectivity index (χ2v) is 7.19. The third-order valence-electron chi connectivity index (χ3n) is 5.26. The van der Waals surface area contributed by atoms with Gasteiger partial charge < -0.3 is 25.3 Å². The largest absolute Gasteiger partial charge is 0.394 e. The van der Waals surface area contributed by atoms with Gasteiger partial charge in [-0.25, -0.2) is 4.79 Å². The number of nitrogens with zero attached hydrogens (tertiary/aromatic N) is 1. The Bertz CT molecular complexity index is 1180. The normalized spacial score (nSPS) is 21.2. The van der Waals surface area contributed by atoms with E-state index in [9.17, 15) is 24.6 Å². The first-order valence-electron chi connectivity index (χ1n) is 9.61. The number of aliphatic hydroxyl groups is 2. The summed E-state index contributed by atoms with van der Waals surface area (Å²) in [5.41, 5.74) is 0.235. The smallest absolute Gasteiger partial charge is 0.330 e. The quantitative estimate of drug-likeness (QED) is 0.372. The predicted octanol–water partition coefficient (Wildman–Crippen LogP) is -0.369. The molecule has 10 nitrogen and oxygen atoms in total. The Hall–Kier alpha value is -3.21. The van der Waals surface area contributed by atoms with Gasteiger partial charge in [-0.1, -0.05) is 18.2 Å².